The van der Waals surface area contributed by atoms with Gasteiger partial charge < -0.3 is 10.6 Å². The van der Waals surface area contributed by atoms with Gasteiger partial charge in [0.25, 0.3) is 0 Å². The van der Waals surface area contributed by atoms with Gasteiger partial charge in [-0.05, 0) is 50.2 Å². The Hall–Kier alpha value is -1.09. The zero-order valence-corrected chi connectivity index (χ0v) is 13.9. The summed E-state index contributed by atoms with van der Waals surface area (Å²) in [6.45, 7) is 7.79. The molecule has 118 valence electrons. The molecule has 1 aromatic heterocycles. The van der Waals surface area contributed by atoms with E-state index in [1.54, 1.807) is 0 Å². The quantitative estimate of drug-likeness (QED) is 0.895. The van der Waals surface area contributed by atoms with Crippen molar-refractivity contribution in [3.05, 3.63) is 23.4 Å². The molecule has 2 atom stereocenters. The molecule has 0 radical (unpaired) electrons. The molecule has 1 fully saturated rings. The summed E-state index contributed by atoms with van der Waals surface area (Å²) in [5, 5.41) is 0. The smallest absolute Gasteiger partial charge is 0.131 e. The van der Waals surface area contributed by atoms with Crippen molar-refractivity contribution in [1.29, 1.82) is 0 Å². The minimum absolute atomic E-state index is 0.249. The monoisotopic (exact) mass is 289 g/mol. The summed E-state index contributed by atoms with van der Waals surface area (Å²) in [6.07, 6.45) is 10.5. The summed E-state index contributed by atoms with van der Waals surface area (Å²) in [5.41, 5.74) is 8.64. The maximum absolute atomic E-state index is 6.06. The molecule has 2 unspecified atom stereocenters. The van der Waals surface area contributed by atoms with Crippen LogP contribution in [0.5, 0.6) is 0 Å². The highest BCUT2D eigenvalue weighted by Gasteiger charge is 2.22. The highest BCUT2D eigenvalue weighted by Crippen LogP contribution is 2.27. The number of aromatic nitrogens is 1. The van der Waals surface area contributed by atoms with E-state index in [-0.39, 0.29) is 6.04 Å². The van der Waals surface area contributed by atoms with Crippen LogP contribution in [0.25, 0.3) is 0 Å². The van der Waals surface area contributed by atoms with Crippen LogP contribution < -0.4 is 10.6 Å². The van der Waals surface area contributed by atoms with Gasteiger partial charge in [-0.25, -0.2) is 4.98 Å². The fourth-order valence-electron chi connectivity index (χ4n) is 3.37. The van der Waals surface area contributed by atoms with E-state index in [1.807, 2.05) is 6.20 Å². The molecule has 21 heavy (non-hydrogen) atoms. The van der Waals surface area contributed by atoms with Crippen LogP contribution in [0.2, 0.25) is 0 Å². The summed E-state index contributed by atoms with van der Waals surface area (Å²) in [6, 6.07) is 3.19. The van der Waals surface area contributed by atoms with Crippen LogP contribution in [0.1, 0.15) is 63.5 Å². The number of pyridine rings is 1. The number of aryl methyl sites for hydroxylation is 1. The van der Waals surface area contributed by atoms with E-state index in [1.165, 1.54) is 49.0 Å². The normalized spacial score (nSPS) is 21.1. The Balaban J connectivity index is 2.18. The molecule has 0 spiro atoms. The Kier molecular flexibility index (Phi) is 6.04. The second-order valence-corrected chi connectivity index (χ2v) is 6.46. The molecule has 2 rings (SSSR count). The number of nitrogens with zero attached hydrogens (tertiary/aromatic N) is 2. The van der Waals surface area contributed by atoms with E-state index in [0.29, 0.717) is 6.04 Å². The Morgan fingerprint density at radius 3 is 2.81 bits per heavy atom. The van der Waals surface area contributed by atoms with Crippen molar-refractivity contribution in [2.45, 2.75) is 77.8 Å². The molecule has 1 saturated heterocycles. The topological polar surface area (TPSA) is 42.1 Å². The van der Waals surface area contributed by atoms with Crippen molar-refractivity contribution in [3.8, 4) is 0 Å². The van der Waals surface area contributed by atoms with E-state index in [9.17, 15) is 0 Å². The van der Waals surface area contributed by atoms with Crippen molar-refractivity contribution in [1.82, 2.24) is 4.98 Å². The van der Waals surface area contributed by atoms with E-state index >= 15 is 0 Å². The summed E-state index contributed by atoms with van der Waals surface area (Å²) >= 11 is 0. The Labute approximate surface area is 129 Å². The average molecular weight is 289 g/mol. The van der Waals surface area contributed by atoms with Gasteiger partial charge >= 0.3 is 0 Å². The van der Waals surface area contributed by atoms with Crippen LogP contribution in [0, 0.1) is 6.92 Å². The van der Waals surface area contributed by atoms with Gasteiger partial charge in [-0.3, -0.25) is 0 Å². The Bertz CT molecular complexity index is 444. The molecule has 1 aliphatic heterocycles. The molecule has 1 aliphatic rings. The zero-order valence-electron chi connectivity index (χ0n) is 13.9. The standard InChI is InChI=1S/C18H31N3/c1-4-16(19)12-15-11-14(3)18(20-13-15)21-10-8-6-7-9-17(21)5-2/h11,13,16-17H,4-10,12,19H2,1-3H3. The first-order valence-electron chi connectivity index (χ1n) is 8.63. The number of nitrogens with two attached hydrogens (primary N) is 1. The van der Waals surface area contributed by atoms with E-state index in [4.69, 9.17) is 10.7 Å². The van der Waals surface area contributed by atoms with E-state index in [2.05, 4.69) is 31.7 Å². The molecule has 2 heterocycles. The molecule has 1 aromatic rings. The van der Waals surface area contributed by atoms with Crippen LogP contribution in [-0.2, 0) is 6.42 Å². The van der Waals surface area contributed by atoms with Gasteiger partial charge in [0.05, 0.1) is 0 Å². The number of hydrogen-bond acceptors (Lipinski definition) is 3. The van der Waals surface area contributed by atoms with Crippen molar-refractivity contribution in [2.24, 2.45) is 5.73 Å². The summed E-state index contributed by atoms with van der Waals surface area (Å²) in [5.74, 6) is 1.19. The van der Waals surface area contributed by atoms with Crippen molar-refractivity contribution < 1.29 is 0 Å². The molecule has 3 heteroatoms. The van der Waals surface area contributed by atoms with Gasteiger partial charge in [0, 0.05) is 24.8 Å². The zero-order chi connectivity index (χ0) is 15.2. The lowest BCUT2D eigenvalue weighted by Gasteiger charge is -2.31. The second kappa shape index (κ2) is 7.79. The first-order valence-corrected chi connectivity index (χ1v) is 8.63. The minimum Gasteiger partial charge on any atom is -0.353 e. The maximum Gasteiger partial charge on any atom is 0.131 e. The van der Waals surface area contributed by atoms with Crippen LogP contribution in [0.4, 0.5) is 5.82 Å². The van der Waals surface area contributed by atoms with Crippen LogP contribution in [-0.4, -0.2) is 23.6 Å². The van der Waals surface area contributed by atoms with Gasteiger partial charge in [-0.2, -0.15) is 0 Å². The van der Waals surface area contributed by atoms with Crippen LogP contribution in [0.3, 0.4) is 0 Å². The summed E-state index contributed by atoms with van der Waals surface area (Å²) in [7, 11) is 0. The lowest BCUT2D eigenvalue weighted by Crippen LogP contribution is -2.35. The minimum atomic E-state index is 0.249. The van der Waals surface area contributed by atoms with Gasteiger partial charge in [-0.1, -0.05) is 32.8 Å². The number of anilines is 1. The molecule has 2 N–H and O–H groups in total. The SMILES string of the molecule is CCC(N)Cc1cnc(N2CCCCCC2CC)c(C)c1. The highest BCUT2D eigenvalue weighted by molar-refractivity contribution is 5.48. The van der Waals surface area contributed by atoms with Crippen LogP contribution >= 0.6 is 0 Å². The van der Waals surface area contributed by atoms with Crippen molar-refractivity contribution in [3.63, 3.8) is 0 Å². The number of hydrogen-bond donors (Lipinski definition) is 1. The molecule has 3 nitrogen and oxygen atoms in total. The fourth-order valence-corrected chi connectivity index (χ4v) is 3.37. The third-order valence-corrected chi connectivity index (χ3v) is 4.75. The van der Waals surface area contributed by atoms with Gasteiger partial charge in [0.15, 0.2) is 0 Å². The molecule has 0 aliphatic carbocycles. The first kappa shape index (κ1) is 16.3. The molecule has 0 amide bonds. The lowest BCUT2D eigenvalue weighted by molar-refractivity contribution is 0.551. The van der Waals surface area contributed by atoms with E-state index in [0.717, 1.165) is 19.4 Å². The third-order valence-electron chi connectivity index (χ3n) is 4.75. The Morgan fingerprint density at radius 2 is 2.14 bits per heavy atom. The van der Waals surface area contributed by atoms with E-state index < -0.39 is 0 Å². The average Bonchev–Trinajstić information content (AvgIpc) is 2.72. The predicted octanol–water partition coefficient (Wildman–Crippen LogP) is 3.83. The summed E-state index contributed by atoms with van der Waals surface area (Å²) in [4.78, 5) is 7.35. The second-order valence-electron chi connectivity index (χ2n) is 6.46. The van der Waals surface area contributed by atoms with Crippen molar-refractivity contribution in [2.75, 3.05) is 11.4 Å². The van der Waals surface area contributed by atoms with Gasteiger partial charge in [-0.15, -0.1) is 0 Å². The molecular formula is C18H31N3. The van der Waals surface area contributed by atoms with Gasteiger partial charge in [0.1, 0.15) is 5.82 Å². The Morgan fingerprint density at radius 1 is 1.33 bits per heavy atom. The largest absolute Gasteiger partial charge is 0.353 e. The molecule has 0 saturated carbocycles. The van der Waals surface area contributed by atoms with Gasteiger partial charge in [0.2, 0.25) is 0 Å². The highest BCUT2D eigenvalue weighted by atomic mass is 15.2. The number of rotatable bonds is 5. The van der Waals surface area contributed by atoms with Crippen LogP contribution in [0.15, 0.2) is 12.3 Å². The summed E-state index contributed by atoms with van der Waals surface area (Å²) < 4.78 is 0. The fraction of sp³-hybridized carbons (Fsp3) is 0.722. The maximum atomic E-state index is 6.06. The molecular weight excluding hydrogens is 258 g/mol. The van der Waals surface area contributed by atoms with Crippen molar-refractivity contribution >= 4 is 5.82 Å². The third kappa shape index (κ3) is 4.19. The first-order chi connectivity index (χ1) is 10.2. The lowest BCUT2D eigenvalue weighted by atomic mass is 10.0. The predicted molar refractivity (Wildman–Crippen MR) is 90.8 cm³/mol. The molecule has 0 aromatic carbocycles. The molecule has 0 bridgehead atoms.